The molecule has 3 rings (SSSR count). The van der Waals surface area contributed by atoms with Crippen molar-refractivity contribution in [3.05, 3.63) is 89.5 Å². The zero-order valence-electron chi connectivity index (χ0n) is 14.5. The molecular formula is C21H20FN3O. The van der Waals surface area contributed by atoms with E-state index >= 15 is 0 Å². The molecule has 1 aromatic heterocycles. The number of carbonyl (C=O) groups is 1. The first kappa shape index (κ1) is 17.6. The Morgan fingerprint density at radius 1 is 1.00 bits per heavy atom. The maximum absolute atomic E-state index is 13.6. The molecule has 5 heteroatoms. The minimum Gasteiger partial charge on any atom is -0.383 e. The van der Waals surface area contributed by atoms with Crippen molar-refractivity contribution in [2.45, 2.75) is 13.3 Å². The van der Waals surface area contributed by atoms with E-state index in [9.17, 15) is 9.18 Å². The minimum absolute atomic E-state index is 0.199. The third kappa shape index (κ3) is 4.66. The fourth-order valence-electron chi connectivity index (χ4n) is 2.51. The highest BCUT2D eigenvalue weighted by Crippen LogP contribution is 2.12. The summed E-state index contributed by atoms with van der Waals surface area (Å²) < 4.78 is 13.6. The van der Waals surface area contributed by atoms with Gasteiger partial charge in [0.1, 0.15) is 11.5 Å². The number of halogens is 1. The highest BCUT2D eigenvalue weighted by Gasteiger charge is 2.07. The van der Waals surface area contributed by atoms with Crippen molar-refractivity contribution in [1.82, 2.24) is 4.98 Å². The molecule has 0 radical (unpaired) electrons. The maximum Gasteiger partial charge on any atom is 0.274 e. The molecule has 26 heavy (non-hydrogen) atoms. The number of aryl methyl sites for hydroxylation is 1. The molecule has 0 saturated heterocycles. The lowest BCUT2D eigenvalue weighted by molar-refractivity contribution is 0.102. The van der Waals surface area contributed by atoms with Gasteiger partial charge in [-0.15, -0.1) is 0 Å². The van der Waals surface area contributed by atoms with E-state index in [2.05, 4.69) is 15.6 Å². The normalized spacial score (nSPS) is 10.4. The molecule has 4 nitrogen and oxygen atoms in total. The number of hydrogen-bond donors (Lipinski definition) is 2. The molecule has 1 amide bonds. The summed E-state index contributed by atoms with van der Waals surface area (Å²) in [6, 6.07) is 17.8. The van der Waals surface area contributed by atoms with Gasteiger partial charge in [0.2, 0.25) is 0 Å². The molecule has 0 aliphatic carbocycles. The quantitative estimate of drug-likeness (QED) is 0.692. The van der Waals surface area contributed by atoms with E-state index in [0.717, 1.165) is 16.9 Å². The average Bonchev–Trinajstić information content (AvgIpc) is 2.66. The Morgan fingerprint density at radius 2 is 1.73 bits per heavy atom. The highest BCUT2D eigenvalue weighted by molar-refractivity contribution is 6.02. The van der Waals surface area contributed by atoms with Crippen molar-refractivity contribution < 1.29 is 9.18 Å². The summed E-state index contributed by atoms with van der Waals surface area (Å²) in [6.07, 6.45) is 2.17. The molecule has 2 aromatic carbocycles. The monoisotopic (exact) mass is 349 g/mol. The Bertz CT molecular complexity index is 877. The fourth-order valence-corrected chi connectivity index (χ4v) is 2.51. The van der Waals surface area contributed by atoms with Crippen molar-refractivity contribution in [2.24, 2.45) is 0 Å². The van der Waals surface area contributed by atoms with Crippen LogP contribution in [0.3, 0.4) is 0 Å². The van der Waals surface area contributed by atoms with Gasteiger partial charge < -0.3 is 10.6 Å². The maximum atomic E-state index is 13.6. The van der Waals surface area contributed by atoms with Gasteiger partial charge in [0.25, 0.3) is 5.91 Å². The first-order chi connectivity index (χ1) is 12.6. The number of benzene rings is 2. The molecule has 132 valence electrons. The van der Waals surface area contributed by atoms with Crippen molar-refractivity contribution >= 4 is 17.3 Å². The third-order valence-corrected chi connectivity index (χ3v) is 3.99. The first-order valence-electron chi connectivity index (χ1n) is 8.43. The van der Waals surface area contributed by atoms with E-state index in [0.29, 0.717) is 24.2 Å². The minimum atomic E-state index is -0.258. The Balaban J connectivity index is 1.53. The zero-order valence-corrected chi connectivity index (χ0v) is 14.5. The lowest BCUT2D eigenvalue weighted by atomic mass is 10.1. The van der Waals surface area contributed by atoms with Crippen LogP contribution in [0.25, 0.3) is 0 Å². The second kappa shape index (κ2) is 8.25. The number of rotatable bonds is 6. The number of nitrogens with zero attached hydrogens (tertiary/aromatic N) is 1. The standard InChI is InChI=1S/C21H20FN3O/c1-15-6-8-17(9-7-15)25-21(26)20-11-10-18(14-24-20)23-13-12-16-4-2-3-5-19(16)22/h2-11,14,23H,12-13H2,1H3,(H,25,26). The van der Waals surface area contributed by atoms with Crippen LogP contribution in [0.1, 0.15) is 21.6 Å². The number of hydrogen-bond acceptors (Lipinski definition) is 3. The van der Waals surface area contributed by atoms with Crippen LogP contribution >= 0.6 is 0 Å². The van der Waals surface area contributed by atoms with E-state index in [1.807, 2.05) is 37.3 Å². The second-order valence-electron chi connectivity index (χ2n) is 6.02. The predicted octanol–water partition coefficient (Wildman–Crippen LogP) is 4.44. The highest BCUT2D eigenvalue weighted by atomic mass is 19.1. The largest absolute Gasteiger partial charge is 0.383 e. The molecule has 0 saturated carbocycles. The molecule has 0 atom stereocenters. The first-order valence-corrected chi connectivity index (χ1v) is 8.43. The molecule has 0 spiro atoms. The third-order valence-electron chi connectivity index (χ3n) is 3.99. The number of amides is 1. The van der Waals surface area contributed by atoms with Crippen LogP contribution in [-0.4, -0.2) is 17.4 Å². The van der Waals surface area contributed by atoms with Gasteiger partial charge in [-0.05, 0) is 49.2 Å². The summed E-state index contributed by atoms with van der Waals surface area (Å²) in [7, 11) is 0. The Labute approximate surface area is 152 Å². The van der Waals surface area contributed by atoms with Gasteiger partial charge in [-0.2, -0.15) is 0 Å². The van der Waals surface area contributed by atoms with Crippen molar-refractivity contribution in [3.8, 4) is 0 Å². The zero-order chi connectivity index (χ0) is 18.4. The van der Waals surface area contributed by atoms with Crippen LogP contribution in [-0.2, 0) is 6.42 Å². The molecule has 0 aliphatic rings. The van der Waals surface area contributed by atoms with E-state index in [1.165, 1.54) is 6.07 Å². The topological polar surface area (TPSA) is 54.0 Å². The summed E-state index contributed by atoms with van der Waals surface area (Å²) in [6.45, 7) is 2.57. The van der Waals surface area contributed by atoms with Crippen molar-refractivity contribution in [3.63, 3.8) is 0 Å². The summed E-state index contributed by atoms with van der Waals surface area (Å²) >= 11 is 0. The molecule has 0 aliphatic heterocycles. The second-order valence-corrected chi connectivity index (χ2v) is 6.02. The molecule has 2 N–H and O–H groups in total. The van der Waals surface area contributed by atoms with Gasteiger partial charge in [-0.3, -0.25) is 4.79 Å². The lowest BCUT2D eigenvalue weighted by Gasteiger charge is -2.08. The van der Waals surface area contributed by atoms with Gasteiger partial charge in [0.15, 0.2) is 0 Å². The van der Waals surface area contributed by atoms with E-state index in [-0.39, 0.29) is 11.7 Å². The molecule has 3 aromatic rings. The Kier molecular flexibility index (Phi) is 5.59. The van der Waals surface area contributed by atoms with Gasteiger partial charge in [0.05, 0.1) is 11.9 Å². The van der Waals surface area contributed by atoms with E-state index in [1.54, 1.807) is 30.5 Å². The smallest absolute Gasteiger partial charge is 0.274 e. The lowest BCUT2D eigenvalue weighted by Crippen LogP contribution is -2.14. The van der Waals surface area contributed by atoms with Gasteiger partial charge in [0, 0.05) is 12.2 Å². The van der Waals surface area contributed by atoms with Gasteiger partial charge in [-0.25, -0.2) is 9.37 Å². The molecule has 1 heterocycles. The van der Waals surface area contributed by atoms with Crippen LogP contribution in [0, 0.1) is 12.7 Å². The van der Waals surface area contributed by atoms with E-state index in [4.69, 9.17) is 0 Å². The fraction of sp³-hybridized carbons (Fsp3) is 0.143. The van der Waals surface area contributed by atoms with Crippen LogP contribution in [0.2, 0.25) is 0 Å². The molecule has 0 bridgehead atoms. The number of aromatic nitrogens is 1. The molecule has 0 unspecified atom stereocenters. The predicted molar refractivity (Wildman–Crippen MR) is 102 cm³/mol. The summed E-state index contributed by atoms with van der Waals surface area (Å²) in [4.78, 5) is 16.4. The van der Waals surface area contributed by atoms with Crippen LogP contribution in [0.4, 0.5) is 15.8 Å². The number of anilines is 2. The summed E-state index contributed by atoms with van der Waals surface area (Å²) in [5, 5.41) is 5.99. The van der Waals surface area contributed by atoms with Crippen molar-refractivity contribution in [2.75, 3.05) is 17.2 Å². The summed E-state index contributed by atoms with van der Waals surface area (Å²) in [5.74, 6) is -0.456. The van der Waals surface area contributed by atoms with Crippen LogP contribution in [0.5, 0.6) is 0 Å². The number of pyridine rings is 1. The Hall–Kier alpha value is -3.21. The number of carbonyl (C=O) groups excluding carboxylic acids is 1. The average molecular weight is 349 g/mol. The van der Waals surface area contributed by atoms with Crippen LogP contribution in [0.15, 0.2) is 66.9 Å². The molecule has 0 fully saturated rings. The van der Waals surface area contributed by atoms with E-state index < -0.39 is 0 Å². The Morgan fingerprint density at radius 3 is 2.42 bits per heavy atom. The van der Waals surface area contributed by atoms with Gasteiger partial charge in [-0.1, -0.05) is 35.9 Å². The summed E-state index contributed by atoms with van der Waals surface area (Å²) in [5.41, 5.74) is 3.65. The van der Waals surface area contributed by atoms with Crippen molar-refractivity contribution in [1.29, 1.82) is 0 Å². The number of nitrogens with one attached hydrogen (secondary N) is 2. The SMILES string of the molecule is Cc1ccc(NC(=O)c2ccc(NCCc3ccccc3F)cn2)cc1. The molecular weight excluding hydrogens is 329 g/mol. The van der Waals surface area contributed by atoms with Gasteiger partial charge >= 0.3 is 0 Å². The van der Waals surface area contributed by atoms with Crippen LogP contribution < -0.4 is 10.6 Å².